The summed E-state index contributed by atoms with van der Waals surface area (Å²) in [6.07, 6.45) is 4.96. The van der Waals surface area contributed by atoms with E-state index in [-0.39, 0.29) is 19.0 Å². The Labute approximate surface area is 83.5 Å². The van der Waals surface area contributed by atoms with Gasteiger partial charge in [0.25, 0.3) is 0 Å². The first-order valence-corrected chi connectivity index (χ1v) is 4.26. The third-order valence-corrected chi connectivity index (χ3v) is 1.52. The van der Waals surface area contributed by atoms with Crippen LogP contribution in [-0.4, -0.2) is 48.0 Å². The average molecular weight is 200 g/mol. The summed E-state index contributed by atoms with van der Waals surface area (Å²) >= 11 is 0. The van der Waals surface area contributed by atoms with Gasteiger partial charge in [-0.1, -0.05) is 5.92 Å². The summed E-state index contributed by atoms with van der Waals surface area (Å²) in [6.45, 7) is 1.47. The number of aliphatic hydroxyl groups excluding tert-OH is 1. The van der Waals surface area contributed by atoms with Crippen LogP contribution in [0.5, 0.6) is 0 Å². The maximum absolute atomic E-state index is 11.0. The number of terminal acetylenes is 1. The quantitative estimate of drug-likeness (QED) is 0.297. The van der Waals surface area contributed by atoms with Crippen molar-refractivity contribution in [1.29, 1.82) is 0 Å². The van der Waals surface area contributed by atoms with Crippen LogP contribution >= 0.6 is 0 Å². The largest absolute Gasteiger partial charge is 0.393 e. The maximum Gasteiger partial charge on any atom is 0.234 e. The lowest BCUT2D eigenvalue weighted by molar-refractivity contribution is -0.121. The minimum absolute atomic E-state index is 0.0140. The normalized spacial score (nSPS) is 14.1. The van der Waals surface area contributed by atoms with Gasteiger partial charge < -0.3 is 15.5 Å². The van der Waals surface area contributed by atoms with E-state index >= 15 is 0 Å². The molecule has 5 heteroatoms. The Balaban J connectivity index is 3.60. The molecule has 0 heterocycles. The summed E-state index contributed by atoms with van der Waals surface area (Å²) in [5, 5.41) is 23.2. The molecule has 0 bridgehead atoms. The molecule has 0 aromatic carbocycles. The van der Waals surface area contributed by atoms with Crippen LogP contribution in [0.3, 0.4) is 0 Å². The fourth-order valence-electron chi connectivity index (χ4n) is 0.656. The molecule has 1 atom stereocenters. The molecule has 14 heavy (non-hydrogen) atoms. The van der Waals surface area contributed by atoms with Crippen LogP contribution < -0.4 is 10.6 Å². The average Bonchev–Trinajstić information content (AvgIpc) is 2.16. The number of amides is 1. The lowest BCUT2D eigenvalue weighted by Gasteiger charge is -2.20. The Bertz CT molecular complexity index is 221. The Morgan fingerprint density at radius 3 is 2.79 bits per heavy atom. The molecular weight excluding hydrogens is 184 g/mol. The van der Waals surface area contributed by atoms with Crippen LogP contribution in [0, 0.1) is 12.3 Å². The molecule has 0 saturated heterocycles. The van der Waals surface area contributed by atoms with E-state index in [0.717, 1.165) is 0 Å². The van der Waals surface area contributed by atoms with E-state index in [1.165, 1.54) is 6.92 Å². The van der Waals surface area contributed by atoms with Crippen LogP contribution in [0.1, 0.15) is 6.92 Å². The zero-order chi connectivity index (χ0) is 11.0. The van der Waals surface area contributed by atoms with Crippen molar-refractivity contribution in [3.8, 4) is 12.3 Å². The Hall–Kier alpha value is -1.09. The molecular formula is C9H16N2O3. The third-order valence-electron chi connectivity index (χ3n) is 1.52. The number of hydrogen-bond donors (Lipinski definition) is 4. The van der Waals surface area contributed by atoms with E-state index in [0.29, 0.717) is 6.54 Å². The number of nitrogens with one attached hydrogen (secondary N) is 2. The van der Waals surface area contributed by atoms with Gasteiger partial charge in [0.2, 0.25) is 5.91 Å². The summed E-state index contributed by atoms with van der Waals surface area (Å²) in [4.78, 5) is 11.0. The van der Waals surface area contributed by atoms with Crippen LogP contribution in [0.2, 0.25) is 0 Å². The second-order valence-corrected chi connectivity index (χ2v) is 3.24. The van der Waals surface area contributed by atoms with Crippen LogP contribution in [-0.2, 0) is 4.79 Å². The molecule has 0 aliphatic carbocycles. The van der Waals surface area contributed by atoms with Gasteiger partial charge in [0, 0.05) is 6.54 Å². The van der Waals surface area contributed by atoms with Gasteiger partial charge in [-0.2, -0.15) is 0 Å². The Kier molecular flexibility index (Phi) is 5.88. The molecule has 0 aliphatic rings. The van der Waals surface area contributed by atoms with Gasteiger partial charge in [-0.05, 0) is 6.92 Å². The molecule has 4 N–H and O–H groups in total. The molecule has 0 aromatic heterocycles. The molecule has 0 saturated carbocycles. The van der Waals surface area contributed by atoms with E-state index in [2.05, 4.69) is 16.6 Å². The van der Waals surface area contributed by atoms with Gasteiger partial charge in [-0.3, -0.25) is 10.1 Å². The minimum Gasteiger partial charge on any atom is -0.393 e. The zero-order valence-corrected chi connectivity index (χ0v) is 8.21. The van der Waals surface area contributed by atoms with Gasteiger partial charge in [0.15, 0.2) is 0 Å². The minimum atomic E-state index is -1.28. The molecule has 0 radical (unpaired) electrons. The van der Waals surface area contributed by atoms with Crippen molar-refractivity contribution in [1.82, 2.24) is 10.6 Å². The Morgan fingerprint density at radius 1 is 1.64 bits per heavy atom. The fraction of sp³-hybridized carbons (Fsp3) is 0.667. The SMILES string of the molecule is C#CCNCC(=O)NCC(C)(O)CO. The van der Waals surface area contributed by atoms with Gasteiger partial charge >= 0.3 is 0 Å². The van der Waals surface area contributed by atoms with Crippen LogP contribution in [0.15, 0.2) is 0 Å². The van der Waals surface area contributed by atoms with Crippen molar-refractivity contribution in [3.05, 3.63) is 0 Å². The van der Waals surface area contributed by atoms with Crippen molar-refractivity contribution >= 4 is 5.91 Å². The van der Waals surface area contributed by atoms with Gasteiger partial charge in [-0.25, -0.2) is 0 Å². The van der Waals surface area contributed by atoms with Crippen LogP contribution in [0.4, 0.5) is 0 Å². The monoisotopic (exact) mass is 200 g/mol. The molecule has 0 aromatic rings. The highest BCUT2D eigenvalue weighted by Gasteiger charge is 2.19. The molecule has 5 nitrogen and oxygen atoms in total. The predicted octanol–water partition coefficient (Wildman–Crippen LogP) is -1.93. The van der Waals surface area contributed by atoms with Crippen molar-refractivity contribution in [2.24, 2.45) is 0 Å². The highest BCUT2D eigenvalue weighted by molar-refractivity contribution is 5.78. The number of hydrogen-bond acceptors (Lipinski definition) is 4. The maximum atomic E-state index is 11.0. The smallest absolute Gasteiger partial charge is 0.234 e. The number of rotatable bonds is 6. The highest BCUT2D eigenvalue weighted by Crippen LogP contribution is 1.97. The number of carbonyl (C=O) groups is 1. The molecule has 80 valence electrons. The third kappa shape index (κ3) is 6.43. The van der Waals surface area contributed by atoms with Crippen molar-refractivity contribution < 1.29 is 15.0 Å². The van der Waals surface area contributed by atoms with Gasteiger partial charge in [0.1, 0.15) is 5.60 Å². The molecule has 0 rings (SSSR count). The topological polar surface area (TPSA) is 81.6 Å². The first-order chi connectivity index (χ1) is 6.52. The molecule has 1 amide bonds. The van der Waals surface area contributed by atoms with Gasteiger partial charge in [0.05, 0.1) is 19.7 Å². The van der Waals surface area contributed by atoms with Crippen molar-refractivity contribution in [2.75, 3.05) is 26.2 Å². The molecule has 0 spiro atoms. The summed E-state index contributed by atoms with van der Waals surface area (Å²) in [5.41, 5.74) is -1.28. The number of aliphatic hydroxyl groups is 2. The summed E-state index contributed by atoms with van der Waals surface area (Å²) in [5.74, 6) is 2.06. The van der Waals surface area contributed by atoms with Crippen molar-refractivity contribution in [3.63, 3.8) is 0 Å². The molecule has 1 unspecified atom stereocenters. The molecule has 0 fully saturated rings. The van der Waals surface area contributed by atoms with E-state index in [1.54, 1.807) is 0 Å². The first kappa shape index (κ1) is 12.9. The lowest BCUT2D eigenvalue weighted by atomic mass is 10.1. The zero-order valence-electron chi connectivity index (χ0n) is 8.21. The first-order valence-electron chi connectivity index (χ1n) is 4.26. The van der Waals surface area contributed by atoms with E-state index in [9.17, 15) is 9.90 Å². The summed E-state index contributed by atoms with van der Waals surface area (Å²) in [6, 6.07) is 0. The van der Waals surface area contributed by atoms with E-state index in [4.69, 9.17) is 11.5 Å². The number of carbonyl (C=O) groups excluding carboxylic acids is 1. The predicted molar refractivity (Wildman–Crippen MR) is 52.4 cm³/mol. The second-order valence-electron chi connectivity index (χ2n) is 3.24. The van der Waals surface area contributed by atoms with Crippen molar-refractivity contribution in [2.45, 2.75) is 12.5 Å². The van der Waals surface area contributed by atoms with Gasteiger partial charge in [-0.15, -0.1) is 6.42 Å². The summed E-state index contributed by atoms with van der Waals surface area (Å²) in [7, 11) is 0. The van der Waals surface area contributed by atoms with Crippen LogP contribution in [0.25, 0.3) is 0 Å². The van der Waals surface area contributed by atoms with E-state index < -0.39 is 12.2 Å². The van der Waals surface area contributed by atoms with E-state index in [1.807, 2.05) is 0 Å². The lowest BCUT2D eigenvalue weighted by Crippen LogP contribution is -2.45. The Morgan fingerprint density at radius 2 is 2.29 bits per heavy atom. The highest BCUT2D eigenvalue weighted by atomic mass is 16.3. The molecule has 0 aliphatic heterocycles. The standard InChI is InChI=1S/C9H16N2O3/c1-3-4-10-5-8(13)11-6-9(2,14)7-12/h1,10,12,14H,4-7H2,2H3,(H,11,13). The second kappa shape index (κ2) is 6.38. The summed E-state index contributed by atoms with van der Waals surface area (Å²) < 4.78 is 0. The fourth-order valence-corrected chi connectivity index (χ4v) is 0.656.